The number of carboxylic acid groups (broad SMARTS) is 1. The fourth-order valence-electron chi connectivity index (χ4n) is 2.98. The molecule has 0 aromatic carbocycles. The van der Waals surface area contributed by atoms with Crippen LogP contribution in [0.2, 0.25) is 0 Å². The monoisotopic (exact) mass is 428 g/mol. The van der Waals surface area contributed by atoms with Gasteiger partial charge in [-0.3, -0.25) is 0 Å². The number of aliphatic carboxylic acids is 1. The molecule has 1 aliphatic heterocycles. The minimum absolute atomic E-state index is 0.361. The maximum Gasteiger partial charge on any atom is 0.410 e. The van der Waals surface area contributed by atoms with Gasteiger partial charge in [0.15, 0.2) is 0 Å². The molecule has 1 unspecified atom stereocenters. The highest BCUT2D eigenvalue weighted by molar-refractivity contribution is 9.10. The summed E-state index contributed by atoms with van der Waals surface area (Å²) in [5.41, 5.74) is -0.535. The van der Waals surface area contributed by atoms with E-state index >= 15 is 0 Å². The molecule has 1 aromatic heterocycles. The van der Waals surface area contributed by atoms with Crippen LogP contribution in [-0.2, 0) is 19.9 Å². The molecule has 2 rings (SSSR count). The van der Waals surface area contributed by atoms with E-state index in [0.717, 1.165) is 5.56 Å². The van der Waals surface area contributed by atoms with Crippen LogP contribution in [0.25, 0.3) is 0 Å². The highest BCUT2D eigenvalue weighted by Crippen LogP contribution is 2.37. The number of halogens is 1. The zero-order valence-electron chi connectivity index (χ0n) is 15.3. The number of carboxylic acids is 1. The van der Waals surface area contributed by atoms with Crippen molar-refractivity contribution in [2.45, 2.75) is 51.2 Å². The van der Waals surface area contributed by atoms with Gasteiger partial charge < -0.3 is 19.5 Å². The van der Waals surface area contributed by atoms with Crippen molar-refractivity contribution in [2.24, 2.45) is 0 Å². The summed E-state index contributed by atoms with van der Waals surface area (Å²) in [6.45, 7) is 6.05. The molecule has 0 radical (unpaired) electrons. The first kappa shape index (κ1) is 20.6. The SMILES string of the molecule is CC(C)(C)OC(=O)N1CCCC(OCC(=O)O)(c2ccc(Br)nc2)CC1. The lowest BCUT2D eigenvalue weighted by molar-refractivity contribution is -0.151. The van der Waals surface area contributed by atoms with Crippen molar-refractivity contribution in [1.82, 2.24) is 9.88 Å². The molecule has 1 N–H and O–H groups in total. The Balaban J connectivity index is 2.20. The Morgan fingerprint density at radius 1 is 1.31 bits per heavy atom. The smallest absolute Gasteiger partial charge is 0.410 e. The molecule has 0 bridgehead atoms. The number of rotatable bonds is 4. The van der Waals surface area contributed by atoms with Crippen molar-refractivity contribution in [3.8, 4) is 0 Å². The van der Waals surface area contributed by atoms with Crippen LogP contribution in [0.1, 0.15) is 45.6 Å². The normalized spacial score (nSPS) is 21.2. The Labute approximate surface area is 161 Å². The van der Waals surface area contributed by atoms with Crippen molar-refractivity contribution < 1.29 is 24.2 Å². The first-order valence-electron chi connectivity index (χ1n) is 8.57. The van der Waals surface area contributed by atoms with Crippen LogP contribution in [0.15, 0.2) is 22.9 Å². The highest BCUT2D eigenvalue weighted by atomic mass is 79.9. The minimum atomic E-state index is -1.03. The van der Waals surface area contributed by atoms with Gasteiger partial charge in [0.25, 0.3) is 0 Å². The maximum atomic E-state index is 12.4. The molecule has 1 amide bonds. The van der Waals surface area contributed by atoms with Gasteiger partial charge in [-0.25, -0.2) is 14.6 Å². The highest BCUT2D eigenvalue weighted by Gasteiger charge is 2.38. The molecule has 8 heteroatoms. The lowest BCUT2D eigenvalue weighted by Gasteiger charge is -2.33. The second-order valence-electron chi connectivity index (χ2n) is 7.37. The molecule has 144 valence electrons. The van der Waals surface area contributed by atoms with Crippen LogP contribution in [0.4, 0.5) is 4.79 Å². The number of nitrogens with zero attached hydrogens (tertiary/aromatic N) is 2. The topological polar surface area (TPSA) is 89.0 Å². The Bertz CT molecular complexity index is 644. The quantitative estimate of drug-likeness (QED) is 0.737. The molecule has 26 heavy (non-hydrogen) atoms. The van der Waals surface area contributed by atoms with Gasteiger partial charge in [-0.15, -0.1) is 0 Å². The standard InChI is InChI=1S/C18H25BrN2O5/c1-17(2,3)26-16(24)21-9-4-7-18(8-10-21,25-12-15(22)23)13-5-6-14(19)20-11-13/h5-6,11H,4,7-10,12H2,1-3H3,(H,22,23). The van der Waals surface area contributed by atoms with Gasteiger partial charge in [-0.05, 0) is 62.0 Å². The number of carbonyl (C=O) groups excluding carboxylic acids is 1. The number of ether oxygens (including phenoxy) is 2. The average Bonchev–Trinajstić information content (AvgIpc) is 2.76. The molecule has 2 heterocycles. The number of amides is 1. The van der Waals surface area contributed by atoms with Crippen LogP contribution in [0.5, 0.6) is 0 Å². The second kappa shape index (κ2) is 8.35. The molecule has 0 spiro atoms. The molecular weight excluding hydrogens is 404 g/mol. The average molecular weight is 429 g/mol. The largest absolute Gasteiger partial charge is 0.480 e. The number of likely N-dealkylation sites (tertiary alicyclic amines) is 1. The first-order chi connectivity index (χ1) is 12.1. The summed E-state index contributed by atoms with van der Waals surface area (Å²) in [5, 5.41) is 9.06. The van der Waals surface area contributed by atoms with E-state index in [-0.39, 0.29) is 6.09 Å². The third-order valence-electron chi connectivity index (χ3n) is 4.17. The first-order valence-corrected chi connectivity index (χ1v) is 9.36. The molecule has 7 nitrogen and oxygen atoms in total. The van der Waals surface area contributed by atoms with E-state index in [2.05, 4.69) is 20.9 Å². The molecule has 1 aromatic rings. The van der Waals surface area contributed by atoms with Crippen molar-refractivity contribution in [2.75, 3.05) is 19.7 Å². The van der Waals surface area contributed by atoms with Gasteiger partial charge >= 0.3 is 12.1 Å². The fourth-order valence-corrected chi connectivity index (χ4v) is 3.21. The minimum Gasteiger partial charge on any atom is -0.480 e. The molecule has 1 saturated heterocycles. The number of hydrogen-bond acceptors (Lipinski definition) is 5. The van der Waals surface area contributed by atoms with E-state index in [0.29, 0.717) is 37.0 Å². The Morgan fingerprint density at radius 2 is 2.04 bits per heavy atom. The summed E-state index contributed by atoms with van der Waals surface area (Å²) in [5.74, 6) is -1.03. The van der Waals surface area contributed by atoms with E-state index in [4.69, 9.17) is 14.6 Å². The molecule has 1 atom stereocenters. The van der Waals surface area contributed by atoms with Crippen LogP contribution < -0.4 is 0 Å². The van der Waals surface area contributed by atoms with Crippen molar-refractivity contribution in [3.63, 3.8) is 0 Å². The molecule has 0 saturated carbocycles. The van der Waals surface area contributed by atoms with Gasteiger partial charge in [0, 0.05) is 24.8 Å². The molecular formula is C18H25BrN2O5. The van der Waals surface area contributed by atoms with Gasteiger partial charge in [-0.1, -0.05) is 6.07 Å². The fraction of sp³-hybridized carbons (Fsp3) is 0.611. The molecule has 0 aliphatic carbocycles. The molecule has 1 fully saturated rings. The summed E-state index contributed by atoms with van der Waals surface area (Å²) in [6.07, 6.45) is 3.08. The number of aromatic nitrogens is 1. The zero-order valence-corrected chi connectivity index (χ0v) is 16.9. The summed E-state index contributed by atoms with van der Waals surface area (Å²) < 4.78 is 12.0. The van der Waals surface area contributed by atoms with E-state index in [1.807, 2.05) is 26.8 Å². The van der Waals surface area contributed by atoms with E-state index in [1.54, 1.807) is 17.2 Å². The van der Waals surface area contributed by atoms with Crippen LogP contribution in [0, 0.1) is 0 Å². The second-order valence-corrected chi connectivity index (χ2v) is 8.18. The number of hydrogen-bond donors (Lipinski definition) is 1. The van der Waals surface area contributed by atoms with Crippen molar-refractivity contribution >= 4 is 28.0 Å². The number of pyridine rings is 1. The lowest BCUT2D eigenvalue weighted by Crippen LogP contribution is -2.38. The summed E-state index contributed by atoms with van der Waals surface area (Å²) in [4.78, 5) is 29.3. The molecule has 1 aliphatic rings. The van der Waals surface area contributed by atoms with Crippen LogP contribution in [0.3, 0.4) is 0 Å². The Kier molecular flexibility index (Phi) is 6.63. The van der Waals surface area contributed by atoms with Gasteiger partial charge in [-0.2, -0.15) is 0 Å². The number of carbonyl (C=O) groups is 2. The zero-order chi connectivity index (χ0) is 19.4. The van der Waals surface area contributed by atoms with E-state index < -0.39 is 23.8 Å². The summed E-state index contributed by atoms with van der Waals surface area (Å²) in [7, 11) is 0. The Hall–Kier alpha value is -1.67. The van der Waals surface area contributed by atoms with Crippen LogP contribution >= 0.6 is 15.9 Å². The van der Waals surface area contributed by atoms with Gasteiger partial charge in [0.1, 0.15) is 16.8 Å². The van der Waals surface area contributed by atoms with E-state index in [9.17, 15) is 9.59 Å². The van der Waals surface area contributed by atoms with Gasteiger partial charge in [0.05, 0.1) is 5.60 Å². The van der Waals surface area contributed by atoms with Crippen LogP contribution in [-0.4, -0.2) is 52.4 Å². The third-order valence-corrected chi connectivity index (χ3v) is 4.64. The maximum absolute atomic E-state index is 12.4. The van der Waals surface area contributed by atoms with Crippen molar-refractivity contribution in [3.05, 3.63) is 28.5 Å². The predicted molar refractivity (Wildman–Crippen MR) is 98.9 cm³/mol. The Morgan fingerprint density at radius 3 is 2.62 bits per heavy atom. The van der Waals surface area contributed by atoms with E-state index in [1.165, 1.54) is 0 Å². The van der Waals surface area contributed by atoms with Gasteiger partial charge in [0.2, 0.25) is 0 Å². The third kappa shape index (κ3) is 5.67. The summed E-state index contributed by atoms with van der Waals surface area (Å²) >= 11 is 3.31. The lowest BCUT2D eigenvalue weighted by atomic mass is 9.87. The predicted octanol–water partition coefficient (Wildman–Crippen LogP) is 3.56. The summed E-state index contributed by atoms with van der Waals surface area (Å²) in [6, 6.07) is 3.68. The van der Waals surface area contributed by atoms with Crippen molar-refractivity contribution in [1.29, 1.82) is 0 Å².